The fourth-order valence-electron chi connectivity index (χ4n) is 3.09. The van der Waals surface area contributed by atoms with Crippen LogP contribution < -0.4 is 0 Å². The van der Waals surface area contributed by atoms with Crippen LogP contribution in [0.25, 0.3) is 11.3 Å². The van der Waals surface area contributed by atoms with Crippen LogP contribution in [0.2, 0.25) is 0 Å². The molecular weight excluding hydrogens is 330 g/mol. The van der Waals surface area contributed by atoms with E-state index in [1.807, 2.05) is 0 Å². The Kier molecular flexibility index (Phi) is 4.92. The minimum absolute atomic E-state index is 0.0942. The third-order valence-corrected chi connectivity index (χ3v) is 4.12. The summed E-state index contributed by atoms with van der Waals surface area (Å²) in [5.74, 6) is -1.91. The Bertz CT molecular complexity index is 810. The monoisotopic (exact) mass is 348 g/mol. The first-order valence-corrected chi connectivity index (χ1v) is 8.24. The molecule has 2 aromatic rings. The molecule has 0 amide bonds. The summed E-state index contributed by atoms with van der Waals surface area (Å²) in [6, 6.07) is 3.09. The number of fused-ring (bicyclic) bond motifs is 1. The number of ether oxygens (including phenoxy) is 1. The van der Waals surface area contributed by atoms with E-state index in [1.54, 1.807) is 11.6 Å². The molecule has 1 aromatic heterocycles. The second kappa shape index (κ2) is 7.13. The minimum atomic E-state index is -0.729. The molecule has 0 spiro atoms. The highest BCUT2D eigenvalue weighted by Crippen LogP contribution is 2.32. The van der Waals surface area contributed by atoms with Crippen molar-refractivity contribution in [1.29, 1.82) is 0 Å². The zero-order valence-electron chi connectivity index (χ0n) is 13.8. The number of ketones is 1. The summed E-state index contributed by atoms with van der Waals surface area (Å²) in [6.45, 7) is 2.28. The van der Waals surface area contributed by atoms with Crippen LogP contribution in [0.1, 0.15) is 42.2 Å². The fraction of sp³-hybridized carbons (Fsp3) is 0.389. The van der Waals surface area contributed by atoms with E-state index in [1.165, 1.54) is 0 Å². The number of Topliss-reactive ketones (excluding diaryl/α,β-unsaturated/α-hetero) is 1. The van der Waals surface area contributed by atoms with Gasteiger partial charge in [-0.25, -0.2) is 8.78 Å². The fourth-order valence-corrected chi connectivity index (χ4v) is 3.09. The van der Waals surface area contributed by atoms with Gasteiger partial charge in [-0.05, 0) is 31.9 Å². The Labute approximate surface area is 143 Å². The molecule has 7 heteroatoms. The van der Waals surface area contributed by atoms with Gasteiger partial charge < -0.3 is 4.74 Å². The maximum atomic E-state index is 13.6. The van der Waals surface area contributed by atoms with Crippen LogP contribution in [0, 0.1) is 11.6 Å². The summed E-state index contributed by atoms with van der Waals surface area (Å²) >= 11 is 0. The minimum Gasteiger partial charge on any atom is -0.466 e. The third-order valence-electron chi connectivity index (χ3n) is 4.12. The molecule has 3 rings (SSSR count). The number of esters is 1. The maximum Gasteiger partial charge on any atom is 0.307 e. The topological polar surface area (TPSA) is 61.2 Å². The normalized spacial score (nSPS) is 13.6. The van der Waals surface area contributed by atoms with E-state index >= 15 is 0 Å². The molecule has 25 heavy (non-hydrogen) atoms. The van der Waals surface area contributed by atoms with E-state index in [2.05, 4.69) is 5.10 Å². The lowest BCUT2D eigenvalue weighted by atomic mass is 9.92. The van der Waals surface area contributed by atoms with Crippen LogP contribution in [0.3, 0.4) is 0 Å². The van der Waals surface area contributed by atoms with E-state index in [4.69, 9.17) is 4.74 Å². The first-order chi connectivity index (χ1) is 12.0. The number of carbonyl (C=O) groups excluding carboxylic acids is 2. The van der Waals surface area contributed by atoms with Crippen molar-refractivity contribution in [2.75, 3.05) is 6.61 Å². The van der Waals surface area contributed by atoms with Crippen LogP contribution in [0.5, 0.6) is 0 Å². The van der Waals surface area contributed by atoms with Gasteiger partial charge in [0.1, 0.15) is 17.3 Å². The van der Waals surface area contributed by atoms with Crippen LogP contribution in [0.15, 0.2) is 18.2 Å². The lowest BCUT2D eigenvalue weighted by Crippen LogP contribution is -2.16. The highest BCUT2D eigenvalue weighted by Gasteiger charge is 2.28. The molecule has 0 fully saturated rings. The van der Waals surface area contributed by atoms with Crippen LogP contribution >= 0.6 is 0 Å². The van der Waals surface area contributed by atoms with Gasteiger partial charge in [0.05, 0.1) is 25.1 Å². The Balaban J connectivity index is 2.01. The first kappa shape index (κ1) is 17.3. The van der Waals surface area contributed by atoms with Gasteiger partial charge in [-0.3, -0.25) is 14.3 Å². The maximum absolute atomic E-state index is 13.6. The summed E-state index contributed by atoms with van der Waals surface area (Å²) in [5, 5.41) is 4.38. The molecule has 0 aliphatic heterocycles. The SMILES string of the molecule is CCOC(=O)CCn1nc(-c2cc(F)cc(F)c2)c2c1CCCC2=O. The number of hydrogen-bond donors (Lipinski definition) is 0. The smallest absolute Gasteiger partial charge is 0.307 e. The summed E-state index contributed by atoms with van der Waals surface area (Å²) in [5.41, 5.74) is 1.60. The number of halogens is 2. The van der Waals surface area contributed by atoms with Gasteiger partial charge in [-0.15, -0.1) is 0 Å². The number of aryl methyl sites for hydroxylation is 1. The molecule has 1 heterocycles. The molecule has 0 radical (unpaired) electrons. The van der Waals surface area contributed by atoms with E-state index < -0.39 is 11.6 Å². The van der Waals surface area contributed by atoms with E-state index in [0.29, 0.717) is 37.1 Å². The second-order valence-electron chi connectivity index (χ2n) is 5.88. The number of rotatable bonds is 5. The predicted molar refractivity (Wildman–Crippen MR) is 86.1 cm³/mol. The molecule has 1 aliphatic rings. The molecule has 132 valence electrons. The van der Waals surface area contributed by atoms with Crippen molar-refractivity contribution in [3.63, 3.8) is 0 Å². The van der Waals surface area contributed by atoms with Crippen molar-refractivity contribution in [1.82, 2.24) is 9.78 Å². The highest BCUT2D eigenvalue weighted by molar-refractivity contribution is 6.03. The Morgan fingerprint density at radius 1 is 1.24 bits per heavy atom. The zero-order valence-corrected chi connectivity index (χ0v) is 13.8. The standard InChI is InChI=1S/C18H18F2N2O3/c1-2-25-16(24)6-7-22-14-4-3-5-15(23)17(14)18(21-22)11-8-12(19)10-13(20)9-11/h8-10H,2-7H2,1H3. The predicted octanol–water partition coefficient (Wildman–Crippen LogP) is 3.30. The first-order valence-electron chi connectivity index (χ1n) is 8.24. The van der Waals surface area contributed by atoms with Gasteiger partial charge in [0.15, 0.2) is 5.78 Å². The summed E-state index contributed by atoms with van der Waals surface area (Å²) in [6.07, 6.45) is 1.82. The Hall–Kier alpha value is -2.57. The molecule has 0 unspecified atom stereocenters. The molecule has 5 nitrogen and oxygen atoms in total. The van der Waals surface area contributed by atoms with E-state index in [0.717, 1.165) is 18.2 Å². The number of nitrogens with zero attached hydrogens (tertiary/aromatic N) is 2. The van der Waals surface area contributed by atoms with Gasteiger partial charge in [-0.1, -0.05) is 0 Å². The largest absolute Gasteiger partial charge is 0.466 e. The number of aromatic nitrogens is 2. The Morgan fingerprint density at radius 2 is 1.96 bits per heavy atom. The number of hydrogen-bond acceptors (Lipinski definition) is 4. The third kappa shape index (κ3) is 3.60. The van der Waals surface area contributed by atoms with Crippen LogP contribution in [0.4, 0.5) is 8.78 Å². The van der Waals surface area contributed by atoms with Crippen molar-refractivity contribution in [2.24, 2.45) is 0 Å². The van der Waals surface area contributed by atoms with Crippen molar-refractivity contribution in [3.05, 3.63) is 41.1 Å². The van der Waals surface area contributed by atoms with Crippen molar-refractivity contribution < 1.29 is 23.1 Å². The average molecular weight is 348 g/mol. The van der Waals surface area contributed by atoms with Gasteiger partial charge in [-0.2, -0.15) is 5.10 Å². The van der Waals surface area contributed by atoms with Gasteiger partial charge in [0.25, 0.3) is 0 Å². The van der Waals surface area contributed by atoms with Crippen molar-refractivity contribution in [3.8, 4) is 11.3 Å². The van der Waals surface area contributed by atoms with Gasteiger partial charge >= 0.3 is 5.97 Å². The second-order valence-corrected chi connectivity index (χ2v) is 5.88. The summed E-state index contributed by atoms with van der Waals surface area (Å²) in [7, 11) is 0. The summed E-state index contributed by atoms with van der Waals surface area (Å²) < 4.78 is 33.6. The van der Waals surface area contributed by atoms with Crippen molar-refractivity contribution in [2.45, 2.75) is 39.2 Å². The van der Waals surface area contributed by atoms with E-state index in [9.17, 15) is 18.4 Å². The molecule has 0 saturated heterocycles. The quantitative estimate of drug-likeness (QED) is 0.778. The Morgan fingerprint density at radius 3 is 2.64 bits per heavy atom. The molecule has 1 aliphatic carbocycles. The summed E-state index contributed by atoms with van der Waals surface area (Å²) in [4.78, 5) is 24.0. The highest BCUT2D eigenvalue weighted by atomic mass is 19.1. The number of carbonyl (C=O) groups is 2. The molecule has 0 saturated carbocycles. The zero-order chi connectivity index (χ0) is 18.0. The van der Waals surface area contributed by atoms with E-state index in [-0.39, 0.29) is 36.0 Å². The van der Waals surface area contributed by atoms with Gasteiger partial charge in [0.2, 0.25) is 0 Å². The molecule has 1 aromatic carbocycles. The average Bonchev–Trinajstić information content (AvgIpc) is 2.92. The molecular formula is C18H18F2N2O3. The molecule has 0 bridgehead atoms. The molecule has 0 N–H and O–H groups in total. The van der Waals surface area contributed by atoms with Crippen LogP contribution in [-0.4, -0.2) is 28.1 Å². The van der Waals surface area contributed by atoms with Gasteiger partial charge in [0, 0.05) is 23.7 Å². The van der Waals surface area contributed by atoms with Crippen molar-refractivity contribution >= 4 is 11.8 Å². The van der Waals surface area contributed by atoms with Crippen LogP contribution in [-0.2, 0) is 22.5 Å². The molecule has 0 atom stereocenters. The lowest BCUT2D eigenvalue weighted by Gasteiger charge is -2.13. The number of benzene rings is 1. The lowest BCUT2D eigenvalue weighted by molar-refractivity contribution is -0.143.